The molecule has 0 N–H and O–H groups in total. The Hall–Kier alpha value is -2.63. The first-order chi connectivity index (χ1) is 8.79. The van der Waals surface area contributed by atoms with Crippen LogP contribution in [-0.4, -0.2) is 27.7 Å². The van der Waals surface area contributed by atoms with Crippen molar-refractivity contribution in [3.05, 3.63) is 42.3 Å². The van der Waals surface area contributed by atoms with E-state index in [-0.39, 0.29) is 0 Å². The molecule has 90 valence electrons. The van der Waals surface area contributed by atoms with E-state index in [0.29, 0.717) is 22.8 Å². The molecular weight excluding hydrogens is 234 g/mol. The maximum Gasteiger partial charge on any atom is 0.339 e. The molecule has 0 aliphatic heterocycles. The van der Waals surface area contributed by atoms with Crippen LogP contribution in [0.3, 0.4) is 0 Å². The van der Waals surface area contributed by atoms with Crippen LogP contribution >= 0.6 is 0 Å². The zero-order chi connectivity index (χ0) is 12.5. The first-order valence-corrected chi connectivity index (χ1v) is 5.26. The summed E-state index contributed by atoms with van der Waals surface area (Å²) in [4.78, 5) is 11.5. The fourth-order valence-electron chi connectivity index (χ4n) is 1.70. The summed E-state index contributed by atoms with van der Waals surface area (Å²) in [6.45, 7) is 0. The van der Waals surface area contributed by atoms with Crippen molar-refractivity contribution in [1.82, 2.24) is 14.6 Å². The number of esters is 1. The predicted octanol–water partition coefficient (Wildman–Crippen LogP) is 1.78. The van der Waals surface area contributed by atoms with Gasteiger partial charge in [-0.2, -0.15) is 0 Å². The number of fused-ring (bicyclic) bond motifs is 1. The highest BCUT2D eigenvalue weighted by Gasteiger charge is 2.13. The molecule has 3 aromatic rings. The zero-order valence-electron chi connectivity index (χ0n) is 9.53. The van der Waals surface area contributed by atoms with Gasteiger partial charge < -0.3 is 9.15 Å². The molecule has 6 heteroatoms. The second kappa shape index (κ2) is 3.99. The summed E-state index contributed by atoms with van der Waals surface area (Å²) in [5.74, 6) is 0.723. The maximum absolute atomic E-state index is 11.5. The van der Waals surface area contributed by atoms with Crippen molar-refractivity contribution >= 4 is 11.6 Å². The Morgan fingerprint density at radius 2 is 2.22 bits per heavy atom. The maximum atomic E-state index is 11.5. The molecule has 0 fully saturated rings. The van der Waals surface area contributed by atoms with Gasteiger partial charge in [0.15, 0.2) is 11.4 Å². The van der Waals surface area contributed by atoms with Crippen molar-refractivity contribution in [1.29, 1.82) is 0 Å². The van der Waals surface area contributed by atoms with Gasteiger partial charge in [0.05, 0.1) is 18.9 Å². The number of ether oxygens (including phenoxy) is 1. The number of hydrogen-bond donors (Lipinski definition) is 0. The first kappa shape index (κ1) is 10.5. The van der Waals surface area contributed by atoms with Gasteiger partial charge in [0.25, 0.3) is 0 Å². The molecule has 18 heavy (non-hydrogen) atoms. The predicted molar refractivity (Wildman–Crippen MR) is 62.0 cm³/mol. The number of furan rings is 1. The second-order valence-corrected chi connectivity index (χ2v) is 3.64. The summed E-state index contributed by atoms with van der Waals surface area (Å²) < 4.78 is 11.6. The Morgan fingerprint density at radius 1 is 1.33 bits per heavy atom. The summed E-state index contributed by atoms with van der Waals surface area (Å²) in [5.41, 5.74) is 1.06. The van der Waals surface area contributed by atoms with Crippen molar-refractivity contribution in [3.63, 3.8) is 0 Å². The lowest BCUT2D eigenvalue weighted by Gasteiger charge is -2.01. The quantitative estimate of drug-likeness (QED) is 0.641. The van der Waals surface area contributed by atoms with Crippen LogP contribution < -0.4 is 0 Å². The van der Waals surface area contributed by atoms with Gasteiger partial charge in [-0.25, -0.2) is 4.79 Å². The Labute approximate surface area is 102 Å². The lowest BCUT2D eigenvalue weighted by molar-refractivity contribution is 0.0600. The summed E-state index contributed by atoms with van der Waals surface area (Å²) >= 11 is 0. The molecule has 3 rings (SSSR count). The number of carbonyl (C=O) groups is 1. The molecule has 0 spiro atoms. The minimum absolute atomic E-state index is 0.406. The molecule has 0 unspecified atom stereocenters. The highest BCUT2D eigenvalue weighted by molar-refractivity contribution is 5.89. The fourth-order valence-corrected chi connectivity index (χ4v) is 1.70. The standard InChI is InChI=1S/C12H9N3O3/c1-17-12(16)8-4-5-10-13-14-11(15(10)7-8)9-3-2-6-18-9/h2-7H,1H3. The number of nitrogens with zero attached hydrogens (tertiary/aromatic N) is 3. The van der Waals surface area contributed by atoms with Gasteiger partial charge in [-0.1, -0.05) is 0 Å². The third-order valence-corrected chi connectivity index (χ3v) is 2.56. The monoisotopic (exact) mass is 243 g/mol. The molecule has 0 aliphatic rings. The minimum atomic E-state index is -0.406. The molecule has 6 nitrogen and oxygen atoms in total. The normalized spacial score (nSPS) is 10.7. The van der Waals surface area contributed by atoms with Gasteiger partial charge in [0.1, 0.15) is 0 Å². The number of rotatable bonds is 2. The zero-order valence-corrected chi connectivity index (χ0v) is 9.53. The van der Waals surface area contributed by atoms with E-state index >= 15 is 0 Å². The number of methoxy groups -OCH3 is 1. The molecule has 0 radical (unpaired) electrons. The highest BCUT2D eigenvalue weighted by atomic mass is 16.5. The van der Waals surface area contributed by atoms with Crippen molar-refractivity contribution in [2.24, 2.45) is 0 Å². The van der Waals surface area contributed by atoms with Crippen molar-refractivity contribution < 1.29 is 13.9 Å². The van der Waals surface area contributed by atoms with Crippen LogP contribution in [-0.2, 0) is 4.74 Å². The summed E-state index contributed by atoms with van der Waals surface area (Å²) in [5, 5.41) is 8.03. The van der Waals surface area contributed by atoms with E-state index in [9.17, 15) is 4.79 Å². The van der Waals surface area contributed by atoms with Gasteiger partial charge >= 0.3 is 5.97 Å². The van der Waals surface area contributed by atoms with Crippen LogP contribution in [0.2, 0.25) is 0 Å². The van der Waals surface area contributed by atoms with Crippen molar-refractivity contribution in [2.45, 2.75) is 0 Å². The van der Waals surface area contributed by atoms with E-state index in [1.807, 2.05) is 0 Å². The summed E-state index contributed by atoms with van der Waals surface area (Å²) in [7, 11) is 1.34. The van der Waals surface area contributed by atoms with Crippen LogP contribution in [0.5, 0.6) is 0 Å². The van der Waals surface area contributed by atoms with E-state index in [4.69, 9.17) is 4.42 Å². The van der Waals surface area contributed by atoms with E-state index in [1.54, 1.807) is 41.1 Å². The molecule has 0 saturated heterocycles. The molecular formula is C12H9N3O3. The Bertz CT molecular complexity index is 701. The number of pyridine rings is 1. The van der Waals surface area contributed by atoms with E-state index in [2.05, 4.69) is 14.9 Å². The summed E-state index contributed by atoms with van der Waals surface area (Å²) in [6, 6.07) is 6.88. The van der Waals surface area contributed by atoms with Crippen LogP contribution in [0, 0.1) is 0 Å². The second-order valence-electron chi connectivity index (χ2n) is 3.64. The van der Waals surface area contributed by atoms with Crippen molar-refractivity contribution in [2.75, 3.05) is 7.11 Å². The van der Waals surface area contributed by atoms with Crippen LogP contribution in [0.15, 0.2) is 41.1 Å². The number of carbonyl (C=O) groups excluding carboxylic acids is 1. The third-order valence-electron chi connectivity index (χ3n) is 2.56. The SMILES string of the molecule is COC(=O)c1ccc2nnc(-c3ccco3)n2c1. The molecule has 3 heterocycles. The van der Waals surface area contributed by atoms with Gasteiger partial charge in [0, 0.05) is 6.20 Å². The average Bonchev–Trinajstić information content (AvgIpc) is 3.05. The van der Waals surface area contributed by atoms with Gasteiger partial charge in [-0.05, 0) is 24.3 Å². The Kier molecular flexibility index (Phi) is 2.33. The molecule has 3 aromatic heterocycles. The molecule has 0 aromatic carbocycles. The number of aromatic nitrogens is 3. The molecule has 0 saturated carbocycles. The fraction of sp³-hybridized carbons (Fsp3) is 0.0833. The number of hydrogen-bond acceptors (Lipinski definition) is 5. The molecule has 0 amide bonds. The lowest BCUT2D eigenvalue weighted by atomic mass is 10.3. The van der Waals surface area contributed by atoms with E-state index in [0.717, 1.165) is 0 Å². The van der Waals surface area contributed by atoms with Crippen molar-refractivity contribution in [3.8, 4) is 11.6 Å². The smallest absolute Gasteiger partial charge is 0.339 e. The third kappa shape index (κ3) is 1.55. The van der Waals surface area contributed by atoms with E-state index in [1.165, 1.54) is 7.11 Å². The molecule has 0 aliphatic carbocycles. The van der Waals surface area contributed by atoms with Gasteiger partial charge in [-0.3, -0.25) is 4.40 Å². The molecule has 0 atom stereocenters. The summed E-state index contributed by atoms with van der Waals surface area (Å²) in [6.07, 6.45) is 3.18. The van der Waals surface area contributed by atoms with E-state index < -0.39 is 5.97 Å². The Balaban J connectivity index is 2.19. The van der Waals surface area contributed by atoms with Gasteiger partial charge in [0.2, 0.25) is 5.82 Å². The largest absolute Gasteiger partial charge is 0.465 e. The van der Waals surface area contributed by atoms with Crippen LogP contribution in [0.25, 0.3) is 17.2 Å². The topological polar surface area (TPSA) is 69.6 Å². The Morgan fingerprint density at radius 3 is 2.94 bits per heavy atom. The van der Waals surface area contributed by atoms with Crippen LogP contribution in [0.4, 0.5) is 0 Å². The first-order valence-electron chi connectivity index (χ1n) is 5.26. The lowest BCUT2D eigenvalue weighted by Crippen LogP contribution is -2.03. The highest BCUT2D eigenvalue weighted by Crippen LogP contribution is 2.19. The molecule has 0 bridgehead atoms. The average molecular weight is 243 g/mol. The minimum Gasteiger partial charge on any atom is -0.465 e. The van der Waals surface area contributed by atoms with Crippen LogP contribution in [0.1, 0.15) is 10.4 Å². The van der Waals surface area contributed by atoms with Gasteiger partial charge in [-0.15, -0.1) is 10.2 Å².